The fourth-order valence-electron chi connectivity index (χ4n) is 1.26. The highest BCUT2D eigenvalue weighted by Gasteiger charge is 2.17. The highest BCUT2D eigenvalue weighted by atomic mass is 32.2. The molecule has 0 unspecified atom stereocenters. The third-order valence-electron chi connectivity index (χ3n) is 2.10. The molecule has 0 aliphatic heterocycles. The summed E-state index contributed by atoms with van der Waals surface area (Å²) < 4.78 is 43.0. The monoisotopic (exact) mass is 300 g/mol. The summed E-state index contributed by atoms with van der Waals surface area (Å²) in [7, 11) is -2.84. The van der Waals surface area contributed by atoms with Crippen LogP contribution in [0.2, 0.25) is 0 Å². The molecule has 0 saturated heterocycles. The van der Waals surface area contributed by atoms with Crippen LogP contribution in [0.25, 0.3) is 0 Å². The van der Waals surface area contributed by atoms with Gasteiger partial charge in [-0.15, -0.1) is 0 Å². The molecule has 0 aliphatic carbocycles. The maximum Gasteiger partial charge on any atom is 0.322 e. The standard InChI is InChI=1S/C12H13FN2O4S/c1-19-12(16)8-20(17,18)15-10-4-5-11(13)9(7-10)3-2-6-14/h4-5,7,15H,6,8,14H2,1H3. The van der Waals surface area contributed by atoms with Crippen LogP contribution in [0.4, 0.5) is 10.1 Å². The smallest absolute Gasteiger partial charge is 0.322 e. The number of nitrogens with one attached hydrogen (secondary N) is 1. The summed E-state index contributed by atoms with van der Waals surface area (Å²) in [5, 5.41) is 0. The molecule has 1 aromatic carbocycles. The van der Waals surface area contributed by atoms with Gasteiger partial charge in [-0.1, -0.05) is 11.8 Å². The molecule has 3 N–H and O–H groups in total. The summed E-state index contributed by atoms with van der Waals surface area (Å²) in [6, 6.07) is 3.50. The molecule has 1 rings (SSSR count). The number of halogens is 1. The molecule has 0 amide bonds. The average Bonchev–Trinajstić information content (AvgIpc) is 2.38. The van der Waals surface area contributed by atoms with Crippen LogP contribution in [0.1, 0.15) is 5.56 Å². The largest absolute Gasteiger partial charge is 0.468 e. The van der Waals surface area contributed by atoms with Gasteiger partial charge in [-0.05, 0) is 18.2 Å². The number of benzene rings is 1. The Kier molecular flexibility index (Phi) is 5.49. The Morgan fingerprint density at radius 1 is 1.50 bits per heavy atom. The van der Waals surface area contributed by atoms with E-state index in [2.05, 4.69) is 21.3 Å². The first-order valence-electron chi connectivity index (χ1n) is 5.44. The summed E-state index contributed by atoms with van der Waals surface area (Å²) >= 11 is 0. The minimum Gasteiger partial charge on any atom is -0.468 e. The molecule has 0 saturated carbocycles. The van der Waals surface area contributed by atoms with E-state index in [1.54, 1.807) is 0 Å². The molecular formula is C12H13FN2O4S. The van der Waals surface area contributed by atoms with E-state index in [-0.39, 0.29) is 17.8 Å². The second-order valence-corrected chi connectivity index (χ2v) is 5.36. The lowest BCUT2D eigenvalue weighted by Gasteiger charge is -2.07. The van der Waals surface area contributed by atoms with Crippen molar-refractivity contribution in [3.8, 4) is 11.8 Å². The molecule has 0 heterocycles. The number of carbonyl (C=O) groups excluding carboxylic acids is 1. The van der Waals surface area contributed by atoms with Crippen molar-refractivity contribution in [2.24, 2.45) is 5.73 Å². The van der Waals surface area contributed by atoms with Gasteiger partial charge in [0.1, 0.15) is 5.82 Å². The van der Waals surface area contributed by atoms with E-state index >= 15 is 0 Å². The number of methoxy groups -OCH3 is 1. The predicted molar refractivity (Wildman–Crippen MR) is 71.8 cm³/mol. The SMILES string of the molecule is COC(=O)CS(=O)(=O)Nc1ccc(F)c(C#CCN)c1. The summed E-state index contributed by atoms with van der Waals surface area (Å²) in [5.41, 5.74) is 5.28. The Morgan fingerprint density at radius 3 is 2.80 bits per heavy atom. The Morgan fingerprint density at radius 2 is 2.20 bits per heavy atom. The first-order valence-corrected chi connectivity index (χ1v) is 7.09. The Balaban J connectivity index is 2.96. The fourth-order valence-corrected chi connectivity index (χ4v) is 2.25. The van der Waals surface area contributed by atoms with Crippen molar-refractivity contribution in [3.05, 3.63) is 29.6 Å². The van der Waals surface area contributed by atoms with Crippen molar-refractivity contribution in [2.45, 2.75) is 0 Å². The van der Waals surface area contributed by atoms with Crippen molar-refractivity contribution in [3.63, 3.8) is 0 Å². The number of esters is 1. The van der Waals surface area contributed by atoms with Gasteiger partial charge in [-0.3, -0.25) is 9.52 Å². The predicted octanol–water partition coefficient (Wildman–Crippen LogP) is 0.0506. The molecule has 0 aromatic heterocycles. The number of hydrogen-bond acceptors (Lipinski definition) is 5. The summed E-state index contributed by atoms with van der Waals surface area (Å²) in [4.78, 5) is 10.9. The van der Waals surface area contributed by atoms with Crippen molar-refractivity contribution >= 4 is 21.7 Å². The maximum absolute atomic E-state index is 13.4. The number of nitrogens with two attached hydrogens (primary N) is 1. The lowest BCUT2D eigenvalue weighted by atomic mass is 10.2. The lowest BCUT2D eigenvalue weighted by Crippen LogP contribution is -2.23. The first kappa shape index (κ1) is 15.9. The van der Waals surface area contributed by atoms with Gasteiger partial charge in [0.25, 0.3) is 0 Å². The van der Waals surface area contributed by atoms with Gasteiger partial charge in [0, 0.05) is 5.69 Å². The maximum atomic E-state index is 13.4. The Bertz CT molecular complexity index is 662. The van der Waals surface area contributed by atoms with E-state index in [0.717, 1.165) is 13.2 Å². The van der Waals surface area contributed by atoms with Crippen molar-refractivity contribution in [1.82, 2.24) is 0 Å². The molecular weight excluding hydrogens is 287 g/mol. The van der Waals surface area contributed by atoms with Gasteiger partial charge in [0.15, 0.2) is 5.75 Å². The zero-order valence-corrected chi connectivity index (χ0v) is 11.5. The fraction of sp³-hybridized carbons (Fsp3) is 0.250. The zero-order valence-electron chi connectivity index (χ0n) is 10.6. The van der Waals surface area contributed by atoms with E-state index < -0.39 is 27.6 Å². The van der Waals surface area contributed by atoms with E-state index in [4.69, 9.17) is 5.73 Å². The molecule has 0 bridgehead atoms. The zero-order chi connectivity index (χ0) is 15.2. The second-order valence-electron chi connectivity index (χ2n) is 3.64. The van der Waals surface area contributed by atoms with Gasteiger partial charge in [-0.25, -0.2) is 12.8 Å². The number of hydrogen-bond donors (Lipinski definition) is 2. The van der Waals surface area contributed by atoms with Gasteiger partial charge < -0.3 is 10.5 Å². The quantitative estimate of drug-likeness (QED) is 0.605. The van der Waals surface area contributed by atoms with E-state index in [0.29, 0.717) is 0 Å². The molecule has 0 spiro atoms. The van der Waals surface area contributed by atoms with Crippen molar-refractivity contribution < 1.29 is 22.3 Å². The van der Waals surface area contributed by atoms with Crippen LogP contribution in [0.15, 0.2) is 18.2 Å². The van der Waals surface area contributed by atoms with Crippen LogP contribution in [0.3, 0.4) is 0 Å². The number of sulfonamides is 1. The van der Waals surface area contributed by atoms with Crippen molar-refractivity contribution in [1.29, 1.82) is 0 Å². The second kappa shape index (κ2) is 6.88. The van der Waals surface area contributed by atoms with Gasteiger partial charge >= 0.3 is 5.97 Å². The summed E-state index contributed by atoms with van der Waals surface area (Å²) in [6.45, 7) is 0.0533. The molecule has 8 heteroatoms. The minimum atomic E-state index is -3.92. The topological polar surface area (TPSA) is 98.5 Å². The Hall–Kier alpha value is -2.11. The van der Waals surface area contributed by atoms with E-state index in [9.17, 15) is 17.6 Å². The summed E-state index contributed by atoms with van der Waals surface area (Å²) in [5.74, 6) is 2.61. The number of carbonyl (C=O) groups is 1. The van der Waals surface area contributed by atoms with Crippen LogP contribution in [-0.4, -0.2) is 33.8 Å². The average molecular weight is 300 g/mol. The first-order chi connectivity index (χ1) is 9.38. The van der Waals surface area contributed by atoms with Crippen LogP contribution < -0.4 is 10.5 Å². The lowest BCUT2D eigenvalue weighted by molar-refractivity contribution is -0.137. The van der Waals surface area contributed by atoms with E-state index in [1.807, 2.05) is 0 Å². The Labute approximate surface area is 116 Å². The number of anilines is 1. The third kappa shape index (κ3) is 4.87. The number of ether oxygens (including phenoxy) is 1. The highest BCUT2D eigenvalue weighted by molar-refractivity contribution is 7.93. The molecule has 20 heavy (non-hydrogen) atoms. The van der Waals surface area contributed by atoms with Crippen LogP contribution in [0, 0.1) is 17.7 Å². The van der Waals surface area contributed by atoms with E-state index in [1.165, 1.54) is 12.1 Å². The van der Waals surface area contributed by atoms with Gasteiger partial charge in [0.05, 0.1) is 19.2 Å². The molecule has 0 radical (unpaired) electrons. The van der Waals surface area contributed by atoms with Crippen LogP contribution in [-0.2, 0) is 19.6 Å². The van der Waals surface area contributed by atoms with Crippen LogP contribution in [0.5, 0.6) is 0 Å². The highest BCUT2D eigenvalue weighted by Crippen LogP contribution is 2.15. The van der Waals surface area contributed by atoms with Crippen LogP contribution >= 0.6 is 0 Å². The van der Waals surface area contributed by atoms with Crippen molar-refractivity contribution in [2.75, 3.05) is 24.1 Å². The molecule has 6 nitrogen and oxygen atoms in total. The minimum absolute atomic E-state index is 0.00807. The third-order valence-corrected chi connectivity index (χ3v) is 3.26. The number of rotatable bonds is 4. The molecule has 0 aliphatic rings. The molecule has 108 valence electrons. The normalized spacial score (nSPS) is 10.3. The molecule has 0 atom stereocenters. The van der Waals surface area contributed by atoms with Gasteiger partial charge in [-0.2, -0.15) is 0 Å². The molecule has 0 fully saturated rings. The molecule has 1 aromatic rings. The van der Waals surface area contributed by atoms with Gasteiger partial charge in [0.2, 0.25) is 10.0 Å². The summed E-state index contributed by atoms with van der Waals surface area (Å²) in [6.07, 6.45) is 0.